The molecule has 94 valence electrons. The molecule has 2 rings (SSSR count). The smallest absolute Gasteiger partial charge is 0.0964 e. The minimum absolute atomic E-state index is 0.282. The molecule has 1 saturated heterocycles. The topological polar surface area (TPSA) is 25.4 Å². The van der Waals surface area contributed by atoms with Crippen LogP contribution in [0.5, 0.6) is 0 Å². The number of hydrogen-bond acceptors (Lipinski definition) is 4. The summed E-state index contributed by atoms with van der Waals surface area (Å²) in [4.78, 5) is 6.77. The summed E-state index contributed by atoms with van der Waals surface area (Å²) in [6.07, 6.45) is 4.66. The number of nitrogens with zero attached hydrogens (tertiary/aromatic N) is 2. The molecule has 0 radical (unpaired) electrons. The second-order valence-corrected chi connectivity index (χ2v) is 5.50. The summed E-state index contributed by atoms with van der Waals surface area (Å²) in [7, 11) is 4.14. The zero-order chi connectivity index (χ0) is 12.3. The van der Waals surface area contributed by atoms with Crippen LogP contribution >= 0.6 is 11.8 Å². The van der Waals surface area contributed by atoms with Crippen LogP contribution in [0.15, 0.2) is 17.2 Å². The summed E-state index contributed by atoms with van der Waals surface area (Å²) >= 11 is 1.70. The van der Waals surface area contributed by atoms with E-state index >= 15 is 0 Å². The maximum absolute atomic E-state index is 5.75. The molecule has 1 fully saturated rings. The fourth-order valence-electron chi connectivity index (χ4n) is 2.12. The molecule has 1 aromatic heterocycles. The Balaban J connectivity index is 2.24. The molecule has 3 nitrogen and oxygen atoms in total. The highest BCUT2D eigenvalue weighted by molar-refractivity contribution is 7.98. The van der Waals surface area contributed by atoms with Crippen molar-refractivity contribution in [3.05, 3.63) is 23.4 Å². The number of thioether (sulfide) groups is 1. The first-order valence-electron chi connectivity index (χ1n) is 6.00. The number of hydrogen-bond donors (Lipinski definition) is 0. The number of rotatable bonds is 4. The van der Waals surface area contributed by atoms with Crippen molar-refractivity contribution in [1.29, 1.82) is 0 Å². The van der Waals surface area contributed by atoms with Crippen molar-refractivity contribution < 1.29 is 4.74 Å². The third kappa shape index (κ3) is 3.44. The molecule has 4 heteroatoms. The summed E-state index contributed by atoms with van der Waals surface area (Å²) in [6, 6.07) is 4.36. The van der Waals surface area contributed by atoms with Gasteiger partial charge in [-0.05, 0) is 50.9 Å². The third-order valence-corrected chi connectivity index (χ3v) is 3.49. The van der Waals surface area contributed by atoms with Gasteiger partial charge in [0.15, 0.2) is 0 Å². The van der Waals surface area contributed by atoms with E-state index in [4.69, 9.17) is 4.74 Å². The van der Waals surface area contributed by atoms with Crippen LogP contribution in [-0.2, 0) is 11.3 Å². The first-order valence-corrected chi connectivity index (χ1v) is 7.22. The van der Waals surface area contributed by atoms with Gasteiger partial charge in [-0.15, -0.1) is 11.8 Å². The lowest BCUT2D eigenvalue weighted by Gasteiger charge is -2.15. The normalized spacial score (nSPS) is 20.1. The van der Waals surface area contributed by atoms with Gasteiger partial charge in [0.1, 0.15) is 0 Å². The van der Waals surface area contributed by atoms with Gasteiger partial charge in [-0.25, -0.2) is 4.98 Å². The van der Waals surface area contributed by atoms with Crippen molar-refractivity contribution in [2.75, 3.05) is 27.0 Å². The molecule has 0 N–H and O–H groups in total. The van der Waals surface area contributed by atoms with Gasteiger partial charge in [-0.2, -0.15) is 0 Å². The van der Waals surface area contributed by atoms with Gasteiger partial charge >= 0.3 is 0 Å². The second-order valence-electron chi connectivity index (χ2n) is 4.67. The summed E-state index contributed by atoms with van der Waals surface area (Å²) in [5.74, 6) is 0. The zero-order valence-corrected chi connectivity index (χ0v) is 11.6. The van der Waals surface area contributed by atoms with Gasteiger partial charge < -0.3 is 9.64 Å². The SMILES string of the molecule is CSc1cc([C@@H]2CCCO2)cc(CN(C)C)n1. The third-order valence-electron chi connectivity index (χ3n) is 2.87. The van der Waals surface area contributed by atoms with E-state index in [1.54, 1.807) is 11.8 Å². The van der Waals surface area contributed by atoms with Crippen LogP contribution in [0.1, 0.15) is 30.2 Å². The highest BCUT2D eigenvalue weighted by Crippen LogP contribution is 2.30. The Hall–Kier alpha value is -0.580. The lowest BCUT2D eigenvalue weighted by Crippen LogP contribution is -2.13. The number of pyridine rings is 1. The van der Waals surface area contributed by atoms with Crippen LogP contribution in [0, 0.1) is 0 Å². The molecule has 0 amide bonds. The summed E-state index contributed by atoms with van der Waals surface area (Å²) in [5.41, 5.74) is 2.42. The van der Waals surface area contributed by atoms with E-state index in [0.717, 1.165) is 30.3 Å². The van der Waals surface area contributed by atoms with E-state index in [1.807, 2.05) is 0 Å². The molecule has 0 saturated carbocycles. The van der Waals surface area contributed by atoms with E-state index in [1.165, 1.54) is 12.0 Å². The Morgan fingerprint density at radius 1 is 1.47 bits per heavy atom. The van der Waals surface area contributed by atoms with Crippen LogP contribution in [-0.4, -0.2) is 36.8 Å². The highest BCUT2D eigenvalue weighted by Gasteiger charge is 2.19. The van der Waals surface area contributed by atoms with Crippen molar-refractivity contribution in [3.63, 3.8) is 0 Å². The Morgan fingerprint density at radius 3 is 2.88 bits per heavy atom. The largest absolute Gasteiger partial charge is 0.374 e. The summed E-state index contributed by atoms with van der Waals surface area (Å²) < 4.78 is 5.75. The van der Waals surface area contributed by atoms with E-state index < -0.39 is 0 Å². The molecule has 1 atom stereocenters. The standard InChI is InChI=1S/C13H20N2OS/c1-15(2)9-11-7-10(8-13(14-11)17-3)12-5-4-6-16-12/h7-8,12H,4-6,9H2,1-3H3/t12-/m0/s1. The fourth-order valence-corrected chi connectivity index (χ4v) is 2.58. The monoisotopic (exact) mass is 252 g/mol. The average molecular weight is 252 g/mol. The Labute approximate surface area is 108 Å². The molecule has 1 aliphatic rings. The van der Waals surface area contributed by atoms with E-state index in [-0.39, 0.29) is 6.10 Å². The average Bonchev–Trinajstić information content (AvgIpc) is 2.81. The maximum atomic E-state index is 5.75. The molecular weight excluding hydrogens is 232 g/mol. The van der Waals surface area contributed by atoms with Crippen LogP contribution in [0.4, 0.5) is 0 Å². The first-order chi connectivity index (χ1) is 8.19. The number of ether oxygens (including phenoxy) is 1. The Morgan fingerprint density at radius 2 is 2.29 bits per heavy atom. The molecule has 1 aromatic rings. The summed E-state index contributed by atoms with van der Waals surface area (Å²) in [5, 5.41) is 1.09. The Bertz CT molecular complexity index is 376. The molecule has 2 heterocycles. The summed E-state index contributed by atoms with van der Waals surface area (Å²) in [6.45, 7) is 1.78. The van der Waals surface area contributed by atoms with E-state index in [9.17, 15) is 0 Å². The van der Waals surface area contributed by atoms with Gasteiger partial charge in [0, 0.05) is 13.2 Å². The van der Waals surface area contributed by atoms with Gasteiger partial charge in [0.25, 0.3) is 0 Å². The van der Waals surface area contributed by atoms with E-state index in [0.29, 0.717) is 0 Å². The predicted molar refractivity (Wildman–Crippen MR) is 71.3 cm³/mol. The molecule has 0 bridgehead atoms. The molecule has 1 aliphatic heterocycles. The zero-order valence-electron chi connectivity index (χ0n) is 10.8. The van der Waals surface area contributed by atoms with Crippen molar-refractivity contribution in [2.24, 2.45) is 0 Å². The minimum atomic E-state index is 0.282. The van der Waals surface area contributed by atoms with Crippen molar-refractivity contribution >= 4 is 11.8 Å². The lowest BCUT2D eigenvalue weighted by atomic mass is 10.1. The maximum Gasteiger partial charge on any atom is 0.0964 e. The molecular formula is C13H20N2OS. The lowest BCUT2D eigenvalue weighted by molar-refractivity contribution is 0.111. The molecule has 17 heavy (non-hydrogen) atoms. The second kappa shape index (κ2) is 5.85. The van der Waals surface area contributed by atoms with Crippen molar-refractivity contribution in [2.45, 2.75) is 30.5 Å². The number of aromatic nitrogens is 1. The highest BCUT2D eigenvalue weighted by atomic mass is 32.2. The van der Waals surface area contributed by atoms with Crippen molar-refractivity contribution in [1.82, 2.24) is 9.88 Å². The fraction of sp³-hybridized carbons (Fsp3) is 0.615. The Kier molecular flexibility index (Phi) is 4.42. The van der Waals surface area contributed by atoms with Crippen molar-refractivity contribution in [3.8, 4) is 0 Å². The molecule has 0 spiro atoms. The van der Waals surface area contributed by atoms with Crippen LogP contribution in [0.3, 0.4) is 0 Å². The van der Waals surface area contributed by atoms with Crippen LogP contribution < -0.4 is 0 Å². The van der Waals surface area contributed by atoms with Gasteiger partial charge in [-0.1, -0.05) is 0 Å². The molecule has 0 aromatic carbocycles. The molecule has 0 aliphatic carbocycles. The minimum Gasteiger partial charge on any atom is -0.374 e. The first kappa shape index (κ1) is 12.9. The van der Waals surface area contributed by atoms with Crippen LogP contribution in [0.2, 0.25) is 0 Å². The van der Waals surface area contributed by atoms with Gasteiger partial charge in [0.05, 0.1) is 16.8 Å². The van der Waals surface area contributed by atoms with Crippen LogP contribution in [0.25, 0.3) is 0 Å². The van der Waals surface area contributed by atoms with Gasteiger partial charge in [-0.3, -0.25) is 0 Å². The predicted octanol–water partition coefficient (Wildman–Crippen LogP) is 2.72. The molecule has 0 unspecified atom stereocenters. The quantitative estimate of drug-likeness (QED) is 0.769. The van der Waals surface area contributed by atoms with Gasteiger partial charge in [0.2, 0.25) is 0 Å². The van der Waals surface area contributed by atoms with E-state index in [2.05, 4.69) is 42.4 Å².